The molecule has 158 valence electrons. The van der Waals surface area contributed by atoms with Crippen molar-refractivity contribution in [3.63, 3.8) is 0 Å². The molecule has 7 heteroatoms. The molecule has 0 radical (unpaired) electrons. The van der Waals surface area contributed by atoms with Gasteiger partial charge >= 0.3 is 0 Å². The van der Waals surface area contributed by atoms with Crippen LogP contribution in [0.4, 0.5) is 4.39 Å². The molecule has 2 fully saturated rings. The van der Waals surface area contributed by atoms with Crippen LogP contribution in [0.25, 0.3) is 0 Å². The van der Waals surface area contributed by atoms with Crippen LogP contribution in [0.2, 0.25) is 5.02 Å². The van der Waals surface area contributed by atoms with Gasteiger partial charge in [-0.1, -0.05) is 48.0 Å². The number of likely N-dealkylation sites (tertiary alicyclic amines) is 2. The fourth-order valence-corrected chi connectivity index (χ4v) is 5.16. The number of halogens is 2. The van der Waals surface area contributed by atoms with Gasteiger partial charge in [-0.2, -0.15) is 0 Å². The lowest BCUT2D eigenvalue weighted by molar-refractivity contribution is -0.123. The minimum Gasteiger partial charge on any atom is -0.368 e. The maximum atomic E-state index is 14.2. The molecule has 2 unspecified atom stereocenters. The number of amides is 2. The molecule has 2 aliphatic heterocycles. The zero-order chi connectivity index (χ0) is 21.3. The molecule has 4 rings (SSSR count). The molecule has 0 aromatic heterocycles. The van der Waals surface area contributed by atoms with E-state index in [1.54, 1.807) is 4.90 Å². The minimum absolute atomic E-state index is 0.0336. The predicted molar refractivity (Wildman–Crippen MR) is 114 cm³/mol. The third-order valence-electron chi connectivity index (χ3n) is 6.27. The van der Waals surface area contributed by atoms with Gasteiger partial charge in [-0.3, -0.25) is 14.5 Å². The molecule has 0 spiro atoms. The first-order valence-corrected chi connectivity index (χ1v) is 10.6. The summed E-state index contributed by atoms with van der Waals surface area (Å²) in [6, 6.07) is 14.1. The molecule has 0 bridgehead atoms. The number of hydrogen-bond acceptors (Lipinski definition) is 3. The fraction of sp³-hybridized carbons (Fsp3) is 0.391. The Morgan fingerprint density at radius 1 is 1.07 bits per heavy atom. The molecular weight excluding hydrogens is 405 g/mol. The number of hydrogen-bond donors (Lipinski definition) is 1. The smallest absolute Gasteiger partial charge is 0.258 e. The van der Waals surface area contributed by atoms with Gasteiger partial charge in [0.05, 0.1) is 16.6 Å². The van der Waals surface area contributed by atoms with E-state index in [1.165, 1.54) is 23.8 Å². The lowest BCUT2D eigenvalue weighted by Crippen LogP contribution is -2.46. The molecule has 3 atom stereocenters. The Hall–Kier alpha value is -2.44. The molecule has 2 saturated heterocycles. The van der Waals surface area contributed by atoms with Crippen LogP contribution in [-0.4, -0.2) is 53.8 Å². The van der Waals surface area contributed by atoms with Crippen molar-refractivity contribution in [2.45, 2.75) is 18.9 Å². The Morgan fingerprint density at radius 3 is 2.53 bits per heavy atom. The summed E-state index contributed by atoms with van der Waals surface area (Å²) >= 11 is 6.06. The number of nitrogens with two attached hydrogens (primary N) is 1. The summed E-state index contributed by atoms with van der Waals surface area (Å²) in [6.07, 6.45) is 1.87. The van der Waals surface area contributed by atoms with Crippen molar-refractivity contribution in [2.75, 3.05) is 26.2 Å². The summed E-state index contributed by atoms with van der Waals surface area (Å²) in [4.78, 5) is 28.9. The van der Waals surface area contributed by atoms with Gasteiger partial charge in [-0.25, -0.2) is 4.39 Å². The van der Waals surface area contributed by atoms with Crippen molar-refractivity contribution in [3.05, 3.63) is 70.5 Å². The van der Waals surface area contributed by atoms with Crippen LogP contribution in [0.1, 0.15) is 22.3 Å². The van der Waals surface area contributed by atoms with Gasteiger partial charge in [-0.05, 0) is 43.0 Å². The van der Waals surface area contributed by atoms with Crippen LogP contribution in [0, 0.1) is 17.7 Å². The summed E-state index contributed by atoms with van der Waals surface area (Å²) < 4.78 is 14.2. The van der Waals surface area contributed by atoms with E-state index in [0.717, 1.165) is 19.4 Å². The van der Waals surface area contributed by atoms with E-state index in [-0.39, 0.29) is 28.3 Å². The monoisotopic (exact) mass is 429 g/mol. The number of carbonyl (C=O) groups is 2. The van der Waals surface area contributed by atoms with Crippen LogP contribution in [0.3, 0.4) is 0 Å². The fourth-order valence-electron chi connectivity index (χ4n) is 4.91. The highest BCUT2D eigenvalue weighted by Gasteiger charge is 2.50. The summed E-state index contributed by atoms with van der Waals surface area (Å²) in [5.41, 5.74) is 6.91. The molecule has 2 N–H and O–H groups in total. The number of rotatable bonds is 6. The normalized spacial score (nSPS) is 23.5. The zero-order valence-electron chi connectivity index (χ0n) is 16.6. The maximum Gasteiger partial charge on any atom is 0.258 e. The van der Waals surface area contributed by atoms with Crippen LogP contribution in [0.15, 0.2) is 48.5 Å². The first kappa shape index (κ1) is 20.8. The second kappa shape index (κ2) is 8.74. The molecule has 2 aromatic carbocycles. The number of benzene rings is 2. The van der Waals surface area contributed by atoms with E-state index in [4.69, 9.17) is 17.3 Å². The quantitative estimate of drug-likeness (QED) is 0.767. The molecule has 2 heterocycles. The molecule has 2 amide bonds. The second-order valence-corrected chi connectivity index (χ2v) is 8.57. The first-order chi connectivity index (χ1) is 14.5. The zero-order valence-corrected chi connectivity index (χ0v) is 17.4. The number of aryl methyl sites for hydroxylation is 1. The molecule has 2 aliphatic rings. The van der Waals surface area contributed by atoms with Crippen LogP contribution in [-0.2, 0) is 11.2 Å². The summed E-state index contributed by atoms with van der Waals surface area (Å²) in [7, 11) is 0. The summed E-state index contributed by atoms with van der Waals surface area (Å²) in [5.74, 6) is -1.30. The van der Waals surface area contributed by atoms with E-state index in [0.29, 0.717) is 19.6 Å². The predicted octanol–water partition coefficient (Wildman–Crippen LogP) is 2.97. The highest BCUT2D eigenvalue weighted by molar-refractivity contribution is 6.33. The van der Waals surface area contributed by atoms with Crippen molar-refractivity contribution in [2.24, 2.45) is 17.6 Å². The molecule has 2 aromatic rings. The Bertz CT molecular complexity index is 919. The first-order valence-electron chi connectivity index (χ1n) is 10.3. The van der Waals surface area contributed by atoms with Gasteiger partial charge < -0.3 is 10.6 Å². The van der Waals surface area contributed by atoms with E-state index in [9.17, 15) is 14.0 Å². The van der Waals surface area contributed by atoms with Crippen molar-refractivity contribution in [1.82, 2.24) is 9.80 Å². The lowest BCUT2D eigenvalue weighted by atomic mass is 9.94. The summed E-state index contributed by atoms with van der Waals surface area (Å²) in [5, 5.41) is 0.103. The second-order valence-electron chi connectivity index (χ2n) is 8.16. The van der Waals surface area contributed by atoms with E-state index in [1.807, 2.05) is 18.2 Å². The maximum absolute atomic E-state index is 14.2. The van der Waals surface area contributed by atoms with Crippen molar-refractivity contribution < 1.29 is 14.0 Å². The Labute approximate surface area is 180 Å². The Balaban J connectivity index is 1.41. The van der Waals surface area contributed by atoms with Crippen LogP contribution >= 0.6 is 11.6 Å². The van der Waals surface area contributed by atoms with Gasteiger partial charge in [0, 0.05) is 25.6 Å². The van der Waals surface area contributed by atoms with E-state index in [2.05, 4.69) is 17.0 Å². The van der Waals surface area contributed by atoms with Crippen molar-refractivity contribution >= 4 is 23.4 Å². The van der Waals surface area contributed by atoms with Crippen molar-refractivity contribution in [3.8, 4) is 0 Å². The van der Waals surface area contributed by atoms with Gasteiger partial charge in [0.2, 0.25) is 5.91 Å². The van der Waals surface area contributed by atoms with E-state index >= 15 is 0 Å². The van der Waals surface area contributed by atoms with Crippen LogP contribution in [0.5, 0.6) is 0 Å². The lowest BCUT2D eigenvalue weighted by Gasteiger charge is -2.27. The highest BCUT2D eigenvalue weighted by Crippen LogP contribution is 2.37. The average molecular weight is 430 g/mol. The van der Waals surface area contributed by atoms with E-state index < -0.39 is 17.8 Å². The van der Waals surface area contributed by atoms with Gasteiger partial charge in [-0.15, -0.1) is 0 Å². The van der Waals surface area contributed by atoms with Gasteiger partial charge in [0.25, 0.3) is 5.91 Å². The van der Waals surface area contributed by atoms with Crippen molar-refractivity contribution in [1.29, 1.82) is 0 Å². The molecule has 5 nitrogen and oxygen atoms in total. The molecular formula is C23H25ClFN3O2. The standard InChI is InChI=1S/C23H25ClFN3O2/c24-18-9-4-10-19(25)20(18)23(30)28-13-16-12-27(21(22(26)29)17(16)14-28)11-5-8-15-6-2-1-3-7-15/h1-4,6-7,9-10,16-17,21H,5,8,11-14H2,(H2,26,29)/t16?,17-,21?/m1/s1. The molecule has 0 saturated carbocycles. The minimum atomic E-state index is -0.626. The number of primary amides is 1. The number of carbonyl (C=O) groups excluding carboxylic acids is 2. The molecule has 0 aliphatic carbocycles. The number of nitrogens with zero attached hydrogens (tertiary/aromatic N) is 2. The Morgan fingerprint density at radius 2 is 1.83 bits per heavy atom. The van der Waals surface area contributed by atoms with Crippen LogP contribution < -0.4 is 5.73 Å². The average Bonchev–Trinajstić information content (AvgIpc) is 3.26. The van der Waals surface area contributed by atoms with Gasteiger partial charge in [0.1, 0.15) is 5.82 Å². The SMILES string of the molecule is NC(=O)C1[C@@H]2CN(C(=O)c3c(F)cccc3Cl)CC2CN1CCCc1ccccc1. The molecule has 30 heavy (non-hydrogen) atoms. The largest absolute Gasteiger partial charge is 0.368 e. The third kappa shape index (κ3) is 4.07. The summed E-state index contributed by atoms with van der Waals surface area (Å²) in [6.45, 7) is 2.36. The number of fused-ring (bicyclic) bond motifs is 1. The third-order valence-corrected chi connectivity index (χ3v) is 6.58. The van der Waals surface area contributed by atoms with Gasteiger partial charge in [0.15, 0.2) is 0 Å². The topological polar surface area (TPSA) is 66.6 Å². The Kier molecular flexibility index (Phi) is 6.06. The highest BCUT2D eigenvalue weighted by atomic mass is 35.5.